The van der Waals surface area contributed by atoms with E-state index in [0.717, 1.165) is 11.1 Å². The Morgan fingerprint density at radius 3 is 1.02 bits per heavy atom. The second-order valence-corrected chi connectivity index (χ2v) is 53.4. The van der Waals surface area contributed by atoms with Gasteiger partial charge in [0.05, 0.1) is 0 Å². The van der Waals surface area contributed by atoms with E-state index in [2.05, 4.69) is 143 Å². The fourth-order valence-corrected chi connectivity index (χ4v) is 34.4. The second-order valence-electron chi connectivity index (χ2n) is 17.5. The summed E-state index contributed by atoms with van der Waals surface area (Å²) in [6.45, 7) is 45.1. The van der Waals surface area contributed by atoms with Gasteiger partial charge in [-0.2, -0.15) is 0 Å². The Morgan fingerprint density at radius 1 is 0.511 bits per heavy atom. The van der Waals surface area contributed by atoms with Gasteiger partial charge >= 0.3 is 27.4 Å². The fraction of sp³-hybridized carbons (Fsp3) is 0.714. The average Bonchev–Trinajstić information content (AvgIpc) is 2.70. The predicted molar refractivity (Wildman–Crippen MR) is 212 cm³/mol. The predicted octanol–water partition coefficient (Wildman–Crippen LogP) is 9.21. The van der Waals surface area contributed by atoms with Crippen LogP contribution >= 0.6 is 0 Å². The molecular formula is C28H66O8Si9. The van der Waals surface area contributed by atoms with Crippen LogP contribution in [0.25, 0.3) is 6.08 Å². The minimum atomic E-state index is -3.78. The summed E-state index contributed by atoms with van der Waals surface area (Å²) >= 11 is 0. The fourth-order valence-electron chi connectivity index (χ4n) is 4.29. The molecule has 1 aromatic carbocycles. The molecule has 0 aliphatic heterocycles. The first-order valence-corrected chi connectivity index (χ1v) is 41.4. The van der Waals surface area contributed by atoms with Gasteiger partial charge < -0.3 is 32.9 Å². The molecule has 1 aromatic rings. The zero-order valence-electron chi connectivity index (χ0n) is 32.0. The Labute approximate surface area is 287 Å². The van der Waals surface area contributed by atoms with E-state index in [1.807, 2.05) is 18.2 Å². The Kier molecular flexibility index (Phi) is 15.2. The largest absolute Gasteiger partial charge is 0.638 e. The normalized spacial score (nSPS) is 15.5. The molecule has 1 atom stereocenters. The number of hydrogen-bond acceptors (Lipinski definition) is 8. The summed E-state index contributed by atoms with van der Waals surface area (Å²) in [7, 11) is -23.9. The van der Waals surface area contributed by atoms with Gasteiger partial charge in [-0.3, -0.25) is 0 Å². The number of hydrogen-bond donors (Lipinski definition) is 0. The third kappa shape index (κ3) is 17.7. The van der Waals surface area contributed by atoms with E-state index < -0.39 is 77.3 Å². The first-order chi connectivity index (χ1) is 19.8. The van der Waals surface area contributed by atoms with Crippen LogP contribution in [0.3, 0.4) is 0 Å². The van der Waals surface area contributed by atoms with Crippen molar-refractivity contribution in [2.75, 3.05) is 0 Å². The van der Waals surface area contributed by atoms with Crippen molar-refractivity contribution in [1.82, 2.24) is 0 Å². The topological polar surface area (TPSA) is 73.8 Å². The van der Waals surface area contributed by atoms with Gasteiger partial charge in [-0.05, 0) is 129 Å². The molecule has 1 rings (SSSR count). The van der Waals surface area contributed by atoms with Crippen molar-refractivity contribution in [2.45, 2.75) is 130 Å². The van der Waals surface area contributed by atoms with Gasteiger partial charge in [-0.1, -0.05) is 43.8 Å². The highest BCUT2D eigenvalue weighted by Crippen LogP contribution is 2.35. The van der Waals surface area contributed by atoms with Gasteiger partial charge in [-0.25, -0.2) is 0 Å². The van der Waals surface area contributed by atoms with Crippen LogP contribution in [0.15, 0.2) is 30.8 Å². The lowest BCUT2D eigenvalue weighted by molar-refractivity contribution is 0.108. The van der Waals surface area contributed by atoms with Crippen LogP contribution in [0, 0.1) is 0 Å². The maximum absolute atomic E-state index is 7.38. The maximum Gasteiger partial charge on any atom is 0.638 e. The van der Waals surface area contributed by atoms with Crippen LogP contribution in [0.4, 0.5) is 0 Å². The van der Waals surface area contributed by atoms with Crippen molar-refractivity contribution < 1.29 is 32.9 Å². The highest BCUT2D eigenvalue weighted by Gasteiger charge is 2.60. The molecule has 0 amide bonds. The van der Waals surface area contributed by atoms with E-state index in [-0.39, 0.29) is 5.54 Å². The molecule has 0 spiro atoms. The van der Waals surface area contributed by atoms with Gasteiger partial charge in [0.2, 0.25) is 0 Å². The van der Waals surface area contributed by atoms with Crippen LogP contribution in [-0.4, -0.2) is 77.3 Å². The zero-order chi connectivity index (χ0) is 35.5. The molecule has 0 bridgehead atoms. The van der Waals surface area contributed by atoms with E-state index in [1.165, 1.54) is 0 Å². The summed E-state index contributed by atoms with van der Waals surface area (Å²) in [6, 6.07) is 8.27. The SMILES string of the molecule is C=Cc1ccccc1C(C)[SiH](O[Si](O[Si](C)(C)C)(O[Si](C)(C)C)O[Si](C)(C)C)O[Si](O[Si](C)(C)C)(O[Si](C)(C)C)O[Si](C)(C)C. The van der Waals surface area contributed by atoms with Gasteiger partial charge in [-0.15, -0.1) is 0 Å². The van der Waals surface area contributed by atoms with Gasteiger partial charge in [0, 0.05) is 5.54 Å². The monoisotopic (exact) mass is 782 g/mol. The summed E-state index contributed by atoms with van der Waals surface area (Å²) in [6.07, 6.45) is 1.89. The highest BCUT2D eigenvalue weighted by molar-refractivity contribution is 6.92. The number of rotatable bonds is 19. The van der Waals surface area contributed by atoms with Crippen molar-refractivity contribution >= 4 is 83.4 Å². The quantitative estimate of drug-likeness (QED) is 0.129. The van der Waals surface area contributed by atoms with Crippen LogP contribution in [-0.2, 0) is 32.9 Å². The Hall–Kier alpha value is 0.592. The van der Waals surface area contributed by atoms with E-state index in [4.69, 9.17) is 32.9 Å². The van der Waals surface area contributed by atoms with Gasteiger partial charge in [0.1, 0.15) is 0 Å². The Morgan fingerprint density at radius 2 is 0.778 bits per heavy atom. The molecule has 0 aromatic heterocycles. The first kappa shape index (κ1) is 43.6. The molecule has 0 radical (unpaired) electrons. The standard InChI is InChI=1S/C28H66O8Si9/c1-21-27-24-22-23-25-28(27)26(2)37(29-44(31-38(3,4)5,32-39(6,7)8)33-40(9,10)11)30-45(34-41(12,13)14,35-42(15,16)17)36-43(18,19)20/h21-26,37H,1H2,2-20H3. The molecular weight excluding hydrogens is 717 g/mol. The minimum absolute atomic E-state index is 0.167. The smallest absolute Gasteiger partial charge is 0.396 e. The number of benzene rings is 1. The molecule has 0 fully saturated rings. The van der Waals surface area contributed by atoms with Crippen molar-refractivity contribution in [3.8, 4) is 0 Å². The second kappa shape index (κ2) is 15.6. The first-order valence-electron chi connectivity index (χ1n) is 16.1. The van der Waals surface area contributed by atoms with E-state index >= 15 is 0 Å². The lowest BCUT2D eigenvalue weighted by atomic mass is 10.1. The maximum atomic E-state index is 7.38. The molecule has 0 heterocycles. The molecule has 8 nitrogen and oxygen atoms in total. The molecule has 0 aliphatic rings. The van der Waals surface area contributed by atoms with Crippen molar-refractivity contribution in [2.24, 2.45) is 0 Å². The molecule has 45 heavy (non-hydrogen) atoms. The third-order valence-electron chi connectivity index (χ3n) is 5.22. The van der Waals surface area contributed by atoms with Crippen molar-refractivity contribution in [1.29, 1.82) is 0 Å². The molecule has 0 saturated carbocycles. The third-order valence-corrected chi connectivity index (χ3v) is 31.3. The van der Waals surface area contributed by atoms with E-state index in [9.17, 15) is 0 Å². The summed E-state index contributed by atoms with van der Waals surface area (Å²) in [5, 5.41) is 0. The summed E-state index contributed by atoms with van der Waals surface area (Å²) in [5.74, 6) is 0. The van der Waals surface area contributed by atoms with Crippen molar-refractivity contribution in [3.05, 3.63) is 42.0 Å². The van der Waals surface area contributed by atoms with Gasteiger partial charge in [0.25, 0.3) is 0 Å². The molecule has 17 heteroatoms. The summed E-state index contributed by atoms with van der Waals surface area (Å²) in [5.41, 5.74) is 1.94. The molecule has 262 valence electrons. The van der Waals surface area contributed by atoms with Crippen LogP contribution < -0.4 is 0 Å². The average molecular weight is 784 g/mol. The van der Waals surface area contributed by atoms with Crippen LogP contribution in [0.1, 0.15) is 23.6 Å². The lowest BCUT2D eigenvalue weighted by Crippen LogP contribution is -2.68. The molecule has 1 unspecified atom stereocenters. The summed E-state index contributed by atoms with van der Waals surface area (Å²) in [4.78, 5) is 0. The van der Waals surface area contributed by atoms with Crippen molar-refractivity contribution in [3.63, 3.8) is 0 Å². The Bertz CT molecular complexity index is 958. The van der Waals surface area contributed by atoms with Crippen LogP contribution in [0.5, 0.6) is 0 Å². The van der Waals surface area contributed by atoms with E-state index in [1.54, 1.807) is 0 Å². The van der Waals surface area contributed by atoms with E-state index in [0.29, 0.717) is 0 Å². The zero-order valence-corrected chi connectivity index (χ0v) is 41.2. The van der Waals surface area contributed by atoms with Crippen LogP contribution in [0.2, 0.25) is 118 Å². The molecule has 0 saturated heterocycles. The summed E-state index contributed by atoms with van der Waals surface area (Å²) < 4.78 is 56.8. The lowest BCUT2D eigenvalue weighted by Gasteiger charge is -2.46. The minimum Gasteiger partial charge on any atom is -0.396 e. The molecule has 0 N–H and O–H groups in total. The molecule has 0 aliphatic carbocycles. The Balaban J connectivity index is 4.17. The van der Waals surface area contributed by atoms with Gasteiger partial charge in [0.15, 0.2) is 49.9 Å². The highest BCUT2D eigenvalue weighted by atomic mass is 28.6.